The van der Waals surface area contributed by atoms with E-state index in [4.69, 9.17) is 0 Å². The van der Waals surface area contributed by atoms with Gasteiger partial charge in [-0.3, -0.25) is 4.79 Å². The second-order valence-electron chi connectivity index (χ2n) is 6.27. The average Bonchev–Trinajstić information content (AvgIpc) is 2.46. The third kappa shape index (κ3) is 5.21. The molecule has 0 spiro atoms. The van der Waals surface area contributed by atoms with Crippen LogP contribution in [0.2, 0.25) is 0 Å². The van der Waals surface area contributed by atoms with Crippen LogP contribution in [0.15, 0.2) is 28.6 Å². The topological polar surface area (TPSA) is 53.1 Å². The van der Waals surface area contributed by atoms with Crippen LogP contribution in [0.3, 0.4) is 0 Å². The molecular formula is C19H29NO2. The summed E-state index contributed by atoms with van der Waals surface area (Å²) in [6, 6.07) is 0. The molecule has 22 heavy (non-hydrogen) atoms. The fraction of sp³-hybridized carbons (Fsp3) is 0.526. The van der Waals surface area contributed by atoms with Crippen LogP contribution in [-0.4, -0.2) is 10.1 Å². The number of aromatic amines is 1. The molecule has 0 unspecified atom stereocenters. The predicted octanol–water partition coefficient (Wildman–Crippen LogP) is 4.43. The van der Waals surface area contributed by atoms with Gasteiger partial charge in [0.1, 0.15) is 5.75 Å². The molecule has 0 aliphatic heterocycles. The van der Waals surface area contributed by atoms with Crippen LogP contribution in [0.1, 0.15) is 57.4 Å². The molecule has 0 aliphatic carbocycles. The number of hydrogen-bond donors (Lipinski definition) is 2. The minimum atomic E-state index is -0.196. The summed E-state index contributed by atoms with van der Waals surface area (Å²) < 4.78 is 0. The van der Waals surface area contributed by atoms with Crippen molar-refractivity contribution in [3.8, 4) is 5.75 Å². The van der Waals surface area contributed by atoms with Crippen LogP contribution < -0.4 is 5.56 Å². The van der Waals surface area contributed by atoms with E-state index in [1.165, 1.54) is 5.57 Å². The van der Waals surface area contributed by atoms with Crippen LogP contribution in [-0.2, 0) is 12.8 Å². The Morgan fingerprint density at radius 3 is 2.64 bits per heavy atom. The van der Waals surface area contributed by atoms with Gasteiger partial charge in [-0.1, -0.05) is 51.0 Å². The number of allylic oxidation sites excluding steroid dienone is 4. The fourth-order valence-electron chi connectivity index (χ4n) is 2.36. The first-order chi connectivity index (χ1) is 10.4. The van der Waals surface area contributed by atoms with Crippen molar-refractivity contribution in [2.45, 2.75) is 60.3 Å². The molecule has 1 aromatic heterocycles. The summed E-state index contributed by atoms with van der Waals surface area (Å²) in [5.74, 6) is 0.723. The monoisotopic (exact) mass is 303 g/mol. The first kappa shape index (κ1) is 18.3. The molecule has 0 bridgehead atoms. The largest absolute Gasteiger partial charge is 0.507 e. The van der Waals surface area contributed by atoms with Gasteiger partial charge in [-0.15, -0.1) is 0 Å². The van der Waals surface area contributed by atoms with Crippen LogP contribution in [0.25, 0.3) is 0 Å². The van der Waals surface area contributed by atoms with Gasteiger partial charge in [0.2, 0.25) is 0 Å². The summed E-state index contributed by atoms with van der Waals surface area (Å²) in [5, 5.41) is 10.2. The molecule has 0 aliphatic rings. The van der Waals surface area contributed by atoms with Crippen molar-refractivity contribution in [2.75, 3.05) is 0 Å². The van der Waals surface area contributed by atoms with Crippen LogP contribution >= 0.6 is 0 Å². The summed E-state index contributed by atoms with van der Waals surface area (Å²) in [6.45, 7) is 10.1. The van der Waals surface area contributed by atoms with Crippen molar-refractivity contribution >= 4 is 0 Å². The Morgan fingerprint density at radius 2 is 2.05 bits per heavy atom. The van der Waals surface area contributed by atoms with Crippen LogP contribution in [0, 0.1) is 12.8 Å². The first-order valence-corrected chi connectivity index (χ1v) is 8.12. The molecule has 3 nitrogen and oxygen atoms in total. The van der Waals surface area contributed by atoms with E-state index in [1.807, 2.05) is 0 Å². The summed E-state index contributed by atoms with van der Waals surface area (Å²) in [5.41, 5.74) is 3.19. The number of nitrogens with one attached hydrogen (secondary N) is 1. The SMILES string of the molecule is CCCc1c(CC=C(C)CC=CC(C)C)[nH]c(=O)c(C)c1O. The lowest BCUT2D eigenvalue weighted by atomic mass is 10.0. The maximum atomic E-state index is 11.9. The van der Waals surface area contributed by atoms with Crippen molar-refractivity contribution in [3.63, 3.8) is 0 Å². The van der Waals surface area contributed by atoms with Gasteiger partial charge in [-0.2, -0.15) is 0 Å². The molecule has 0 fully saturated rings. The van der Waals surface area contributed by atoms with Crippen molar-refractivity contribution in [2.24, 2.45) is 5.92 Å². The molecular weight excluding hydrogens is 274 g/mol. The minimum Gasteiger partial charge on any atom is -0.507 e. The van der Waals surface area contributed by atoms with Gasteiger partial charge in [0.25, 0.3) is 5.56 Å². The van der Waals surface area contributed by atoms with E-state index in [9.17, 15) is 9.90 Å². The Morgan fingerprint density at radius 1 is 1.36 bits per heavy atom. The number of aromatic hydroxyl groups is 1. The first-order valence-electron chi connectivity index (χ1n) is 8.12. The molecule has 0 atom stereocenters. The highest BCUT2D eigenvalue weighted by molar-refractivity contribution is 5.41. The molecule has 0 amide bonds. The highest BCUT2D eigenvalue weighted by Crippen LogP contribution is 2.23. The molecule has 122 valence electrons. The van der Waals surface area contributed by atoms with E-state index in [0.717, 1.165) is 30.5 Å². The zero-order valence-electron chi connectivity index (χ0n) is 14.5. The number of hydrogen-bond acceptors (Lipinski definition) is 2. The number of rotatable bonds is 7. The van der Waals surface area contributed by atoms with E-state index in [-0.39, 0.29) is 11.3 Å². The van der Waals surface area contributed by atoms with Crippen LogP contribution in [0.5, 0.6) is 5.75 Å². The summed E-state index contributed by atoms with van der Waals surface area (Å²) in [6.07, 6.45) is 9.79. The number of pyridine rings is 1. The Kier molecular flexibility index (Phi) is 7.16. The maximum Gasteiger partial charge on any atom is 0.254 e. The van der Waals surface area contributed by atoms with Crippen molar-refractivity contribution in [3.05, 3.63) is 51.0 Å². The van der Waals surface area contributed by atoms with Crippen molar-refractivity contribution in [1.29, 1.82) is 0 Å². The van der Waals surface area contributed by atoms with Gasteiger partial charge in [0.05, 0.1) is 5.56 Å². The standard InChI is InChI=1S/C19H29NO2/c1-6-8-16-17(20-19(22)15(5)18(16)21)12-11-14(4)10-7-9-13(2)3/h7,9,11,13H,6,8,10,12H2,1-5H3,(H2,20,21,22). The highest BCUT2D eigenvalue weighted by Gasteiger charge is 2.12. The highest BCUT2D eigenvalue weighted by atomic mass is 16.3. The Bertz CT molecular complexity index is 607. The van der Waals surface area contributed by atoms with E-state index in [1.54, 1.807) is 6.92 Å². The number of H-pyrrole nitrogens is 1. The van der Waals surface area contributed by atoms with E-state index >= 15 is 0 Å². The molecule has 1 heterocycles. The molecule has 0 radical (unpaired) electrons. The third-order valence-corrected chi connectivity index (χ3v) is 3.73. The fourth-order valence-corrected chi connectivity index (χ4v) is 2.36. The Labute approximate surface area is 133 Å². The van der Waals surface area contributed by atoms with E-state index in [0.29, 0.717) is 17.9 Å². The van der Waals surface area contributed by atoms with E-state index in [2.05, 4.69) is 50.9 Å². The number of aromatic nitrogens is 1. The predicted molar refractivity (Wildman–Crippen MR) is 93.5 cm³/mol. The molecule has 0 saturated heterocycles. The lowest BCUT2D eigenvalue weighted by Gasteiger charge is -2.11. The lowest BCUT2D eigenvalue weighted by molar-refractivity contribution is 0.459. The normalized spacial score (nSPS) is 12.5. The summed E-state index contributed by atoms with van der Waals surface area (Å²) in [4.78, 5) is 14.8. The smallest absolute Gasteiger partial charge is 0.254 e. The maximum absolute atomic E-state index is 11.9. The van der Waals surface area contributed by atoms with Crippen LogP contribution in [0.4, 0.5) is 0 Å². The summed E-state index contributed by atoms with van der Waals surface area (Å²) in [7, 11) is 0. The molecule has 0 saturated carbocycles. The quantitative estimate of drug-likeness (QED) is 0.732. The van der Waals surface area contributed by atoms with Gasteiger partial charge in [0.15, 0.2) is 0 Å². The molecule has 1 rings (SSSR count). The van der Waals surface area contributed by atoms with E-state index < -0.39 is 0 Å². The van der Waals surface area contributed by atoms with Gasteiger partial charge >= 0.3 is 0 Å². The van der Waals surface area contributed by atoms with Gasteiger partial charge in [-0.05, 0) is 32.6 Å². The van der Waals surface area contributed by atoms with Gasteiger partial charge in [0, 0.05) is 17.7 Å². The zero-order chi connectivity index (χ0) is 16.7. The Hall–Kier alpha value is -1.77. The van der Waals surface area contributed by atoms with Gasteiger partial charge in [-0.25, -0.2) is 0 Å². The second-order valence-corrected chi connectivity index (χ2v) is 6.27. The molecule has 1 aromatic rings. The third-order valence-electron chi connectivity index (χ3n) is 3.73. The average molecular weight is 303 g/mol. The Balaban J connectivity index is 2.95. The van der Waals surface area contributed by atoms with Crippen molar-refractivity contribution in [1.82, 2.24) is 4.98 Å². The van der Waals surface area contributed by atoms with Crippen molar-refractivity contribution < 1.29 is 5.11 Å². The van der Waals surface area contributed by atoms with Gasteiger partial charge < -0.3 is 10.1 Å². The summed E-state index contributed by atoms with van der Waals surface area (Å²) >= 11 is 0. The molecule has 2 N–H and O–H groups in total. The lowest BCUT2D eigenvalue weighted by Crippen LogP contribution is -2.15. The molecule has 0 aromatic carbocycles. The zero-order valence-corrected chi connectivity index (χ0v) is 14.5. The molecule has 3 heteroatoms. The second kappa shape index (κ2) is 8.62. The minimum absolute atomic E-state index is 0.159.